The summed E-state index contributed by atoms with van der Waals surface area (Å²) in [5.74, 6) is 0.362. The highest BCUT2D eigenvalue weighted by molar-refractivity contribution is 7.99. The van der Waals surface area contributed by atoms with E-state index in [4.69, 9.17) is 10.5 Å². The summed E-state index contributed by atoms with van der Waals surface area (Å²) in [6.45, 7) is 5.44. The Bertz CT molecular complexity index is 479. The number of thioether (sulfide) groups is 1. The molecule has 0 aromatic carbocycles. The van der Waals surface area contributed by atoms with E-state index >= 15 is 0 Å². The Morgan fingerprint density at radius 2 is 2.22 bits per heavy atom. The summed E-state index contributed by atoms with van der Waals surface area (Å²) in [4.78, 5) is 29.0. The van der Waals surface area contributed by atoms with E-state index in [1.807, 2.05) is 20.8 Å². The molecule has 1 rings (SSSR count). The van der Waals surface area contributed by atoms with Crippen molar-refractivity contribution >= 4 is 23.5 Å². The number of hydrogen-bond acceptors (Lipinski definition) is 6. The topological polar surface area (TPSA) is 98.1 Å². The molecule has 6 nitrogen and oxygen atoms in total. The Morgan fingerprint density at radius 3 is 2.78 bits per heavy atom. The van der Waals surface area contributed by atoms with Crippen molar-refractivity contribution in [3.63, 3.8) is 0 Å². The maximum atomic E-state index is 11.4. The number of aromatic amines is 1. The number of aromatic nitrogens is 2. The Morgan fingerprint density at radius 1 is 1.56 bits per heavy atom. The molecule has 0 saturated carbocycles. The molecule has 3 N–H and O–H groups in total. The van der Waals surface area contributed by atoms with Gasteiger partial charge in [0.25, 0.3) is 5.56 Å². The molecule has 7 heteroatoms. The van der Waals surface area contributed by atoms with Crippen LogP contribution in [-0.2, 0) is 9.53 Å². The van der Waals surface area contributed by atoms with Crippen LogP contribution in [0, 0.1) is 0 Å². The van der Waals surface area contributed by atoms with Crippen molar-refractivity contribution in [1.82, 2.24) is 9.97 Å². The van der Waals surface area contributed by atoms with Crippen LogP contribution in [0.3, 0.4) is 0 Å². The molecule has 0 spiro atoms. The van der Waals surface area contributed by atoms with Crippen LogP contribution in [0.15, 0.2) is 16.0 Å². The number of nitrogen functional groups attached to an aromatic ring is 1. The summed E-state index contributed by atoms with van der Waals surface area (Å²) in [6.07, 6.45) is 0.250. The number of anilines is 1. The molecule has 0 atom stereocenters. The van der Waals surface area contributed by atoms with Gasteiger partial charge < -0.3 is 15.5 Å². The van der Waals surface area contributed by atoms with Gasteiger partial charge in [-0.2, -0.15) is 0 Å². The molecule has 100 valence electrons. The van der Waals surface area contributed by atoms with E-state index in [1.165, 1.54) is 17.8 Å². The van der Waals surface area contributed by atoms with Crippen molar-refractivity contribution in [1.29, 1.82) is 0 Å². The highest BCUT2D eigenvalue weighted by Crippen LogP contribution is 2.15. The van der Waals surface area contributed by atoms with Gasteiger partial charge >= 0.3 is 5.97 Å². The number of esters is 1. The van der Waals surface area contributed by atoms with Gasteiger partial charge in [0.1, 0.15) is 11.4 Å². The minimum atomic E-state index is -0.481. The van der Waals surface area contributed by atoms with Crippen molar-refractivity contribution in [2.24, 2.45) is 0 Å². The Hall–Kier alpha value is -1.50. The highest BCUT2D eigenvalue weighted by Gasteiger charge is 2.15. The smallest absolute Gasteiger partial charge is 0.307 e. The molecule has 0 aliphatic rings. The second-order valence-electron chi connectivity index (χ2n) is 4.66. The summed E-state index contributed by atoms with van der Waals surface area (Å²) >= 11 is 1.26. The fourth-order valence-electron chi connectivity index (χ4n) is 1.15. The SMILES string of the molecule is CC(C)(C)OC(=O)CCSc1nc(N)cc(=O)[nH]1. The molecule has 0 aliphatic heterocycles. The lowest BCUT2D eigenvalue weighted by Crippen LogP contribution is -2.24. The molecule has 0 amide bonds. The first kappa shape index (κ1) is 14.6. The minimum Gasteiger partial charge on any atom is -0.460 e. The third-order valence-corrected chi connectivity index (χ3v) is 2.58. The van der Waals surface area contributed by atoms with E-state index in [2.05, 4.69) is 9.97 Å². The van der Waals surface area contributed by atoms with Gasteiger partial charge in [-0.3, -0.25) is 9.59 Å². The highest BCUT2D eigenvalue weighted by atomic mass is 32.2. The zero-order valence-electron chi connectivity index (χ0n) is 10.6. The lowest BCUT2D eigenvalue weighted by molar-refractivity contribution is -0.154. The molecule has 0 radical (unpaired) electrons. The molecule has 1 aromatic heterocycles. The second-order valence-corrected chi connectivity index (χ2v) is 5.74. The Balaban J connectivity index is 2.42. The second kappa shape index (κ2) is 5.90. The fraction of sp³-hybridized carbons (Fsp3) is 0.545. The van der Waals surface area contributed by atoms with Crippen LogP contribution in [0.4, 0.5) is 5.82 Å². The maximum Gasteiger partial charge on any atom is 0.307 e. The van der Waals surface area contributed by atoms with Crippen LogP contribution < -0.4 is 11.3 Å². The number of carbonyl (C=O) groups excluding carboxylic acids is 1. The number of hydrogen-bond donors (Lipinski definition) is 2. The van der Waals surface area contributed by atoms with Crippen molar-refractivity contribution in [3.8, 4) is 0 Å². The van der Waals surface area contributed by atoms with Crippen LogP contribution in [0.25, 0.3) is 0 Å². The van der Waals surface area contributed by atoms with Gasteiger partial charge in [0.05, 0.1) is 6.42 Å². The number of carbonyl (C=O) groups is 1. The van der Waals surface area contributed by atoms with E-state index < -0.39 is 5.60 Å². The first-order valence-corrected chi connectivity index (χ1v) is 6.46. The fourth-order valence-corrected chi connectivity index (χ4v) is 1.95. The first-order chi connectivity index (χ1) is 8.26. The van der Waals surface area contributed by atoms with E-state index in [1.54, 1.807) is 0 Å². The largest absolute Gasteiger partial charge is 0.460 e. The van der Waals surface area contributed by atoms with Gasteiger partial charge in [0, 0.05) is 11.8 Å². The summed E-state index contributed by atoms with van der Waals surface area (Å²) in [5.41, 5.74) is 4.65. The zero-order chi connectivity index (χ0) is 13.8. The van der Waals surface area contributed by atoms with Crippen molar-refractivity contribution in [3.05, 3.63) is 16.4 Å². The molecule has 0 saturated heterocycles. The Labute approximate surface area is 109 Å². The van der Waals surface area contributed by atoms with E-state index in [9.17, 15) is 9.59 Å². The lowest BCUT2D eigenvalue weighted by atomic mass is 10.2. The van der Waals surface area contributed by atoms with Crippen LogP contribution in [0.1, 0.15) is 27.2 Å². The third kappa shape index (κ3) is 5.72. The van der Waals surface area contributed by atoms with Crippen molar-refractivity contribution in [2.45, 2.75) is 37.9 Å². The quantitative estimate of drug-likeness (QED) is 0.484. The molecule has 1 aromatic rings. The molecule has 1 heterocycles. The third-order valence-electron chi connectivity index (χ3n) is 1.70. The lowest BCUT2D eigenvalue weighted by Gasteiger charge is -2.19. The van der Waals surface area contributed by atoms with Gasteiger partial charge in [-0.15, -0.1) is 0 Å². The molecule has 0 aliphatic carbocycles. The minimum absolute atomic E-state index is 0.165. The summed E-state index contributed by atoms with van der Waals surface area (Å²) in [5, 5.41) is 0.406. The van der Waals surface area contributed by atoms with Gasteiger partial charge in [0.15, 0.2) is 5.16 Å². The van der Waals surface area contributed by atoms with E-state index in [0.29, 0.717) is 10.9 Å². The molecule has 18 heavy (non-hydrogen) atoms. The average molecular weight is 271 g/mol. The van der Waals surface area contributed by atoms with Crippen LogP contribution in [0.5, 0.6) is 0 Å². The summed E-state index contributed by atoms with van der Waals surface area (Å²) < 4.78 is 5.15. The molecule has 0 unspecified atom stereocenters. The number of rotatable bonds is 4. The zero-order valence-corrected chi connectivity index (χ0v) is 11.5. The predicted octanol–water partition coefficient (Wildman–Crippen LogP) is 1.18. The number of nitrogens with one attached hydrogen (secondary N) is 1. The number of H-pyrrole nitrogens is 1. The predicted molar refractivity (Wildman–Crippen MR) is 70.5 cm³/mol. The summed E-state index contributed by atoms with van der Waals surface area (Å²) in [6, 6.07) is 1.21. The molecular formula is C11H17N3O3S. The number of nitrogens with zero attached hydrogens (tertiary/aromatic N) is 1. The first-order valence-electron chi connectivity index (χ1n) is 5.48. The van der Waals surface area contributed by atoms with Crippen LogP contribution in [0.2, 0.25) is 0 Å². The average Bonchev–Trinajstić information content (AvgIpc) is 2.12. The van der Waals surface area contributed by atoms with Gasteiger partial charge in [-0.25, -0.2) is 4.98 Å². The number of ether oxygens (including phenoxy) is 1. The molecule has 0 fully saturated rings. The van der Waals surface area contributed by atoms with E-state index in [0.717, 1.165) is 0 Å². The van der Waals surface area contributed by atoms with Crippen LogP contribution >= 0.6 is 11.8 Å². The molecular weight excluding hydrogens is 254 g/mol. The Kier molecular flexibility index (Phi) is 4.77. The standard InChI is InChI=1S/C11H17N3O3S/c1-11(2,3)17-9(16)4-5-18-10-13-7(12)6-8(15)14-10/h6H,4-5H2,1-3H3,(H3,12,13,14,15). The van der Waals surface area contributed by atoms with Gasteiger partial charge in [-0.05, 0) is 20.8 Å². The summed E-state index contributed by atoms with van der Waals surface area (Å²) in [7, 11) is 0. The van der Waals surface area contributed by atoms with Crippen LogP contribution in [-0.4, -0.2) is 27.3 Å². The maximum absolute atomic E-state index is 11.4. The monoisotopic (exact) mass is 271 g/mol. The normalized spacial score (nSPS) is 11.3. The van der Waals surface area contributed by atoms with E-state index in [-0.39, 0.29) is 23.8 Å². The van der Waals surface area contributed by atoms with Gasteiger partial charge in [-0.1, -0.05) is 11.8 Å². The molecule has 0 bridgehead atoms. The van der Waals surface area contributed by atoms with Crippen molar-refractivity contribution < 1.29 is 9.53 Å². The number of nitrogens with two attached hydrogens (primary N) is 1. The van der Waals surface area contributed by atoms with Crippen molar-refractivity contribution in [2.75, 3.05) is 11.5 Å². The van der Waals surface area contributed by atoms with Gasteiger partial charge in [0.2, 0.25) is 0 Å².